The summed E-state index contributed by atoms with van der Waals surface area (Å²) in [6.45, 7) is 0. The Labute approximate surface area is 361 Å². The van der Waals surface area contributed by atoms with Crippen LogP contribution in [0.5, 0.6) is 0 Å². The Bertz CT molecular complexity index is 3280. The minimum absolute atomic E-state index is 0.919. The predicted octanol–water partition coefficient (Wildman–Crippen LogP) is 16.4. The van der Waals surface area contributed by atoms with Crippen LogP contribution in [0.1, 0.15) is 22.3 Å². The predicted molar refractivity (Wildman–Crippen MR) is 262 cm³/mol. The van der Waals surface area contributed by atoms with Gasteiger partial charge in [-0.2, -0.15) is 0 Å². The zero-order valence-corrected chi connectivity index (χ0v) is 34.1. The third-order valence-electron chi connectivity index (χ3n) is 13.4. The maximum atomic E-state index is 2.48. The average Bonchev–Trinajstić information content (AvgIpc) is 3.33. The smallest absolute Gasteiger partial charge is 0.0497 e. The van der Waals surface area contributed by atoms with E-state index in [0.717, 1.165) is 24.2 Å². The fraction of sp³-hybridized carbons (Fsp3) is 0.0333. The lowest BCUT2D eigenvalue weighted by Crippen LogP contribution is -2.18. The Morgan fingerprint density at radius 1 is 0.258 bits per heavy atom. The van der Waals surface area contributed by atoms with Gasteiger partial charge in [-0.3, -0.25) is 0 Å². The molecule has 2 heteroatoms. The first-order chi connectivity index (χ1) is 30.8. The second kappa shape index (κ2) is 13.8. The fourth-order valence-electron chi connectivity index (χ4n) is 10.7. The molecule has 0 radical (unpaired) electrons. The van der Waals surface area contributed by atoms with Gasteiger partial charge in [0.1, 0.15) is 0 Å². The van der Waals surface area contributed by atoms with Crippen LogP contribution < -0.4 is 9.80 Å². The summed E-state index contributed by atoms with van der Waals surface area (Å²) >= 11 is 0. The van der Waals surface area contributed by atoms with Gasteiger partial charge in [0.25, 0.3) is 0 Å². The van der Waals surface area contributed by atoms with Crippen LogP contribution in [0, 0.1) is 0 Å². The van der Waals surface area contributed by atoms with Crippen molar-refractivity contribution < 1.29 is 0 Å². The second-order valence-electron chi connectivity index (χ2n) is 16.8. The molecule has 11 aromatic carbocycles. The van der Waals surface area contributed by atoms with Crippen LogP contribution >= 0.6 is 0 Å². The summed E-state index contributed by atoms with van der Waals surface area (Å²) in [6, 6.07) is 81.4. The summed E-state index contributed by atoms with van der Waals surface area (Å²) in [5.74, 6) is 0. The van der Waals surface area contributed by atoms with Gasteiger partial charge in [0.05, 0.1) is 0 Å². The van der Waals surface area contributed by atoms with Gasteiger partial charge in [-0.15, -0.1) is 0 Å². The van der Waals surface area contributed by atoms with Gasteiger partial charge < -0.3 is 9.80 Å². The Morgan fingerprint density at radius 3 is 1.00 bits per heavy atom. The van der Waals surface area contributed by atoms with Crippen LogP contribution in [-0.2, 0) is 12.8 Å². The lowest BCUT2D eigenvalue weighted by atomic mass is 9.83. The van der Waals surface area contributed by atoms with Crippen molar-refractivity contribution in [1.29, 1.82) is 0 Å². The molecule has 0 amide bonds. The number of hydrogen-bond donors (Lipinski definition) is 0. The van der Waals surface area contributed by atoms with Crippen LogP contribution in [0.2, 0.25) is 0 Å². The van der Waals surface area contributed by atoms with E-state index in [1.165, 1.54) is 110 Å². The maximum absolute atomic E-state index is 2.48. The van der Waals surface area contributed by atoms with E-state index in [4.69, 9.17) is 0 Å². The minimum atomic E-state index is 0.919. The monoisotopic (exact) mass is 788 g/mol. The number of benzene rings is 11. The molecule has 2 nitrogen and oxygen atoms in total. The standard InChI is InChI=1S/C60H40N2/c1-7-23-47-39(15-1)21-13-25-49(47)59-51-33-31-46(62-57-29-11-5-19-43(57)36-44-20-6-12-30-58(44)62)38-54(51)60(50-26-14-22-40-16-2-8-24-48(40)50)52-34-32-45(37-53(52)59)61-55-27-9-3-17-41(55)35-42-18-4-10-28-56(42)61/h1-34,37-38H,35-36H2. The first kappa shape index (κ1) is 34.9. The lowest BCUT2D eigenvalue weighted by molar-refractivity contribution is 1.09. The molecule has 2 heterocycles. The molecule has 0 unspecified atom stereocenters. The van der Waals surface area contributed by atoms with Crippen LogP contribution in [0.15, 0.2) is 218 Å². The SMILES string of the molecule is c1ccc2c(c1)Cc1ccccc1N2c1ccc2c(-c3cccc4ccccc34)c3cc(N4c5ccccc5Cc5ccccc54)ccc3c(-c3cccc4ccccc34)c2c1. The van der Waals surface area contributed by atoms with Crippen molar-refractivity contribution in [2.45, 2.75) is 12.8 Å². The van der Waals surface area contributed by atoms with E-state index < -0.39 is 0 Å². The van der Waals surface area contributed by atoms with E-state index >= 15 is 0 Å². The zero-order chi connectivity index (χ0) is 40.7. The molecule has 0 atom stereocenters. The molecule has 0 spiro atoms. The fourth-order valence-corrected chi connectivity index (χ4v) is 10.7. The number of fused-ring (bicyclic) bond motifs is 8. The summed E-state index contributed by atoms with van der Waals surface area (Å²) in [7, 11) is 0. The molecular formula is C60H40N2. The minimum Gasteiger partial charge on any atom is -0.310 e. The molecule has 0 saturated heterocycles. The van der Waals surface area contributed by atoms with E-state index in [9.17, 15) is 0 Å². The Balaban J connectivity index is 1.18. The van der Waals surface area contributed by atoms with Gasteiger partial charge in [-0.05, 0) is 136 Å². The highest BCUT2D eigenvalue weighted by Crippen LogP contribution is 2.52. The molecule has 13 rings (SSSR count). The topological polar surface area (TPSA) is 6.48 Å². The van der Waals surface area contributed by atoms with Gasteiger partial charge in [0, 0.05) is 47.0 Å². The van der Waals surface area contributed by atoms with Crippen LogP contribution in [-0.4, -0.2) is 0 Å². The first-order valence-corrected chi connectivity index (χ1v) is 21.7. The number of hydrogen-bond acceptors (Lipinski definition) is 2. The summed E-state index contributed by atoms with van der Waals surface area (Å²) in [5, 5.41) is 9.89. The molecule has 11 aromatic rings. The molecule has 0 aliphatic carbocycles. The van der Waals surface area contributed by atoms with Crippen molar-refractivity contribution in [2.75, 3.05) is 9.80 Å². The first-order valence-electron chi connectivity index (χ1n) is 21.7. The third kappa shape index (κ3) is 5.30. The van der Waals surface area contributed by atoms with E-state index in [0.29, 0.717) is 0 Å². The summed E-state index contributed by atoms with van der Waals surface area (Å²) in [4.78, 5) is 4.97. The normalized spacial score (nSPS) is 13.0. The van der Waals surface area contributed by atoms with Crippen molar-refractivity contribution in [1.82, 2.24) is 0 Å². The molecule has 0 aromatic heterocycles. The van der Waals surface area contributed by atoms with E-state index in [1.54, 1.807) is 0 Å². The number of para-hydroxylation sites is 4. The lowest BCUT2D eigenvalue weighted by Gasteiger charge is -2.34. The Morgan fingerprint density at radius 2 is 0.597 bits per heavy atom. The third-order valence-corrected chi connectivity index (χ3v) is 13.4. The highest BCUT2D eigenvalue weighted by Gasteiger charge is 2.28. The molecule has 290 valence electrons. The molecule has 0 saturated carbocycles. The molecule has 2 aliphatic rings. The Kier molecular flexibility index (Phi) is 7.77. The van der Waals surface area contributed by atoms with Gasteiger partial charge in [0.2, 0.25) is 0 Å². The van der Waals surface area contributed by atoms with Gasteiger partial charge in [-0.25, -0.2) is 0 Å². The highest BCUT2D eigenvalue weighted by molar-refractivity contribution is 6.26. The quantitative estimate of drug-likeness (QED) is 0.164. The second-order valence-corrected chi connectivity index (χ2v) is 16.8. The maximum Gasteiger partial charge on any atom is 0.0497 e. The summed E-state index contributed by atoms with van der Waals surface area (Å²) < 4.78 is 0. The van der Waals surface area contributed by atoms with Gasteiger partial charge in [-0.1, -0.05) is 170 Å². The van der Waals surface area contributed by atoms with Crippen molar-refractivity contribution >= 4 is 77.2 Å². The highest BCUT2D eigenvalue weighted by atomic mass is 15.2. The van der Waals surface area contributed by atoms with Crippen LogP contribution in [0.4, 0.5) is 34.1 Å². The average molecular weight is 789 g/mol. The number of rotatable bonds is 4. The van der Waals surface area contributed by atoms with Crippen LogP contribution in [0.25, 0.3) is 65.3 Å². The van der Waals surface area contributed by atoms with Crippen molar-refractivity contribution in [2.24, 2.45) is 0 Å². The number of anilines is 6. The zero-order valence-electron chi connectivity index (χ0n) is 34.1. The molecule has 0 bridgehead atoms. The van der Waals surface area contributed by atoms with E-state index in [2.05, 4.69) is 228 Å². The Hall–Kier alpha value is -7.94. The molecular weight excluding hydrogens is 749 g/mol. The molecule has 62 heavy (non-hydrogen) atoms. The van der Waals surface area contributed by atoms with Crippen LogP contribution in [0.3, 0.4) is 0 Å². The summed E-state index contributed by atoms with van der Waals surface area (Å²) in [6.07, 6.45) is 1.84. The number of nitrogens with zero attached hydrogens (tertiary/aromatic N) is 2. The van der Waals surface area contributed by atoms with Crippen molar-refractivity contribution in [3.8, 4) is 22.3 Å². The summed E-state index contributed by atoms with van der Waals surface area (Å²) in [5.41, 5.74) is 17.6. The van der Waals surface area contributed by atoms with Gasteiger partial charge in [0.15, 0.2) is 0 Å². The van der Waals surface area contributed by atoms with Crippen molar-refractivity contribution in [3.05, 3.63) is 241 Å². The molecule has 0 N–H and O–H groups in total. The van der Waals surface area contributed by atoms with Crippen molar-refractivity contribution in [3.63, 3.8) is 0 Å². The van der Waals surface area contributed by atoms with E-state index in [1.807, 2.05) is 0 Å². The van der Waals surface area contributed by atoms with Gasteiger partial charge >= 0.3 is 0 Å². The molecule has 0 fully saturated rings. The molecule has 2 aliphatic heterocycles. The largest absolute Gasteiger partial charge is 0.310 e. The van der Waals surface area contributed by atoms with E-state index in [-0.39, 0.29) is 0 Å².